The summed E-state index contributed by atoms with van der Waals surface area (Å²) in [6, 6.07) is 22.8. The molecule has 0 fully saturated rings. The predicted octanol–water partition coefficient (Wildman–Crippen LogP) is 5.64. The van der Waals surface area contributed by atoms with Gasteiger partial charge in [-0.15, -0.1) is 0 Å². The summed E-state index contributed by atoms with van der Waals surface area (Å²) < 4.78 is 0. The van der Waals surface area contributed by atoms with E-state index in [4.69, 9.17) is 5.73 Å². The van der Waals surface area contributed by atoms with E-state index >= 15 is 0 Å². The van der Waals surface area contributed by atoms with Gasteiger partial charge in [0.2, 0.25) is 0 Å². The normalized spacial score (nSPS) is 11.8. The van der Waals surface area contributed by atoms with Crippen molar-refractivity contribution in [1.82, 2.24) is 0 Å². The largest absolute Gasteiger partial charge is 0.399 e. The van der Waals surface area contributed by atoms with E-state index in [9.17, 15) is 10.1 Å². The zero-order chi connectivity index (χ0) is 19.4. The summed E-state index contributed by atoms with van der Waals surface area (Å²) in [6.45, 7) is 4.23. The van der Waals surface area contributed by atoms with Crippen LogP contribution in [0, 0.1) is 10.1 Å². The van der Waals surface area contributed by atoms with Gasteiger partial charge in [-0.1, -0.05) is 37.3 Å². The highest BCUT2D eigenvalue weighted by Gasteiger charge is 2.21. The molecule has 2 N–H and O–H groups in total. The van der Waals surface area contributed by atoms with Gasteiger partial charge in [-0.2, -0.15) is 0 Å². The number of aryl methyl sites for hydroxylation is 1. The fourth-order valence-corrected chi connectivity index (χ4v) is 3.31. The zero-order valence-electron chi connectivity index (χ0n) is 15.5. The van der Waals surface area contributed by atoms with Gasteiger partial charge in [-0.25, -0.2) is 0 Å². The number of nitrogen functional groups attached to an aromatic ring is 1. The molecule has 138 valence electrons. The summed E-state index contributed by atoms with van der Waals surface area (Å²) in [7, 11) is 0. The quantitative estimate of drug-likeness (QED) is 0.350. The fraction of sp³-hybridized carbons (Fsp3) is 0.182. The molecule has 0 radical (unpaired) electrons. The number of rotatable bonds is 6. The molecule has 3 rings (SSSR count). The van der Waals surface area contributed by atoms with Gasteiger partial charge in [0, 0.05) is 29.2 Å². The topological polar surface area (TPSA) is 72.4 Å². The lowest BCUT2D eigenvalue weighted by atomic mass is 10.0. The Labute approximate surface area is 159 Å². The molecule has 0 aliphatic heterocycles. The van der Waals surface area contributed by atoms with Crippen LogP contribution in [0.15, 0.2) is 72.8 Å². The number of nitrogens with two attached hydrogens (primary N) is 1. The third-order valence-corrected chi connectivity index (χ3v) is 4.75. The second-order valence-electron chi connectivity index (χ2n) is 6.47. The molecular formula is C22H23N3O2. The molecule has 1 unspecified atom stereocenters. The average molecular weight is 361 g/mol. The van der Waals surface area contributed by atoms with Crippen LogP contribution in [-0.2, 0) is 6.42 Å². The Morgan fingerprint density at radius 1 is 1.04 bits per heavy atom. The zero-order valence-corrected chi connectivity index (χ0v) is 15.5. The van der Waals surface area contributed by atoms with E-state index in [0.717, 1.165) is 34.6 Å². The average Bonchev–Trinajstić information content (AvgIpc) is 2.70. The maximum atomic E-state index is 11.0. The first kappa shape index (κ1) is 18.5. The van der Waals surface area contributed by atoms with Crippen molar-refractivity contribution in [2.75, 3.05) is 10.6 Å². The van der Waals surface area contributed by atoms with Crippen molar-refractivity contribution in [3.05, 3.63) is 94.0 Å². The second-order valence-corrected chi connectivity index (χ2v) is 6.47. The van der Waals surface area contributed by atoms with Crippen LogP contribution in [0.25, 0.3) is 0 Å². The molecule has 0 amide bonds. The van der Waals surface area contributed by atoms with E-state index in [1.165, 1.54) is 0 Å². The summed E-state index contributed by atoms with van der Waals surface area (Å²) in [4.78, 5) is 12.8. The van der Waals surface area contributed by atoms with Gasteiger partial charge < -0.3 is 10.6 Å². The van der Waals surface area contributed by atoms with Crippen molar-refractivity contribution in [2.24, 2.45) is 0 Å². The molecule has 0 saturated carbocycles. The van der Waals surface area contributed by atoms with E-state index in [1.807, 2.05) is 36.4 Å². The van der Waals surface area contributed by atoms with Crippen molar-refractivity contribution >= 4 is 22.7 Å². The summed E-state index contributed by atoms with van der Waals surface area (Å²) in [6.07, 6.45) is 0.839. The Bertz CT molecular complexity index is 924. The number of hydrogen-bond donors (Lipinski definition) is 1. The number of benzene rings is 3. The minimum absolute atomic E-state index is 0.0431. The summed E-state index contributed by atoms with van der Waals surface area (Å²) in [5, 5.41) is 11.0. The van der Waals surface area contributed by atoms with Gasteiger partial charge in [0.05, 0.1) is 11.0 Å². The molecular weight excluding hydrogens is 338 g/mol. The minimum Gasteiger partial charge on any atom is -0.399 e. The molecule has 1 atom stereocenters. The highest BCUT2D eigenvalue weighted by Crippen LogP contribution is 2.38. The maximum absolute atomic E-state index is 11.0. The molecule has 27 heavy (non-hydrogen) atoms. The third-order valence-electron chi connectivity index (χ3n) is 4.75. The molecule has 0 spiro atoms. The number of nitro groups is 1. The predicted molar refractivity (Wildman–Crippen MR) is 110 cm³/mol. The molecule has 0 aliphatic carbocycles. The highest BCUT2D eigenvalue weighted by atomic mass is 16.6. The van der Waals surface area contributed by atoms with Crippen LogP contribution in [-0.4, -0.2) is 4.92 Å². The van der Waals surface area contributed by atoms with Crippen molar-refractivity contribution in [1.29, 1.82) is 0 Å². The van der Waals surface area contributed by atoms with Gasteiger partial charge in [-0.3, -0.25) is 10.1 Å². The number of nitrogens with zero attached hydrogens (tertiary/aromatic N) is 2. The van der Waals surface area contributed by atoms with E-state index in [1.54, 1.807) is 24.3 Å². The molecule has 0 aromatic heterocycles. The third kappa shape index (κ3) is 3.92. The minimum atomic E-state index is -0.380. The van der Waals surface area contributed by atoms with E-state index in [-0.39, 0.29) is 16.7 Å². The fourth-order valence-electron chi connectivity index (χ4n) is 3.31. The van der Waals surface area contributed by atoms with Gasteiger partial charge in [0.1, 0.15) is 0 Å². The monoisotopic (exact) mass is 361 g/mol. The molecule has 3 aromatic rings. The van der Waals surface area contributed by atoms with E-state index < -0.39 is 0 Å². The Balaban J connectivity index is 2.13. The SMILES string of the molecule is CCc1cc(N)ccc1N(c1ccc([N+](=O)[O-])cc1)C(C)c1ccccc1. The van der Waals surface area contributed by atoms with Crippen LogP contribution in [0.2, 0.25) is 0 Å². The van der Waals surface area contributed by atoms with E-state index in [0.29, 0.717) is 0 Å². The lowest BCUT2D eigenvalue weighted by Crippen LogP contribution is -2.22. The first-order valence-corrected chi connectivity index (χ1v) is 8.98. The van der Waals surface area contributed by atoms with E-state index in [2.05, 4.69) is 30.9 Å². The van der Waals surface area contributed by atoms with Crippen molar-refractivity contribution in [3.63, 3.8) is 0 Å². The first-order chi connectivity index (χ1) is 13.0. The van der Waals surface area contributed by atoms with Gasteiger partial charge in [-0.05, 0) is 54.8 Å². The maximum Gasteiger partial charge on any atom is 0.269 e. The van der Waals surface area contributed by atoms with Gasteiger partial charge in [0.15, 0.2) is 0 Å². The summed E-state index contributed by atoms with van der Waals surface area (Å²) in [5.74, 6) is 0. The molecule has 0 heterocycles. The lowest BCUT2D eigenvalue weighted by Gasteiger charge is -2.33. The van der Waals surface area contributed by atoms with Crippen molar-refractivity contribution < 1.29 is 4.92 Å². The highest BCUT2D eigenvalue weighted by molar-refractivity contribution is 5.71. The van der Waals surface area contributed by atoms with Crippen LogP contribution in [0.4, 0.5) is 22.7 Å². The molecule has 5 heteroatoms. The van der Waals surface area contributed by atoms with Crippen LogP contribution < -0.4 is 10.6 Å². The van der Waals surface area contributed by atoms with Crippen LogP contribution >= 0.6 is 0 Å². The summed E-state index contributed by atoms with van der Waals surface area (Å²) in [5.41, 5.74) is 11.0. The molecule has 0 bridgehead atoms. The van der Waals surface area contributed by atoms with Crippen molar-refractivity contribution in [2.45, 2.75) is 26.3 Å². The number of hydrogen-bond acceptors (Lipinski definition) is 4. The van der Waals surface area contributed by atoms with Crippen LogP contribution in [0.1, 0.15) is 31.0 Å². The Kier molecular flexibility index (Phi) is 5.41. The Hall–Kier alpha value is -3.34. The molecule has 0 saturated heterocycles. The smallest absolute Gasteiger partial charge is 0.269 e. The first-order valence-electron chi connectivity index (χ1n) is 8.98. The number of non-ortho nitro benzene ring substituents is 1. The van der Waals surface area contributed by atoms with Crippen LogP contribution in [0.3, 0.4) is 0 Å². The standard InChI is InChI=1S/C22H23N3O2/c1-3-17-15-19(23)9-14-22(17)24(16(2)18-7-5-4-6-8-18)20-10-12-21(13-11-20)25(26)27/h4-16H,3,23H2,1-2H3. The Morgan fingerprint density at radius 3 is 2.30 bits per heavy atom. The molecule has 0 aliphatic rings. The van der Waals surface area contributed by atoms with Gasteiger partial charge in [0.25, 0.3) is 5.69 Å². The number of nitro benzene ring substituents is 1. The van der Waals surface area contributed by atoms with Gasteiger partial charge >= 0.3 is 0 Å². The second kappa shape index (κ2) is 7.91. The molecule has 5 nitrogen and oxygen atoms in total. The summed E-state index contributed by atoms with van der Waals surface area (Å²) >= 11 is 0. The van der Waals surface area contributed by atoms with Crippen LogP contribution in [0.5, 0.6) is 0 Å². The Morgan fingerprint density at radius 2 is 1.70 bits per heavy atom. The number of anilines is 3. The molecule has 3 aromatic carbocycles. The van der Waals surface area contributed by atoms with Crippen molar-refractivity contribution in [3.8, 4) is 0 Å². The lowest BCUT2D eigenvalue weighted by molar-refractivity contribution is -0.384.